The molecule has 0 bridgehead atoms. The van der Waals surface area contributed by atoms with E-state index in [1.54, 1.807) is 20.2 Å². The van der Waals surface area contributed by atoms with Crippen molar-refractivity contribution in [3.63, 3.8) is 0 Å². The standard InChI is InChI=1S/C32H38N2O3/c1-5-6-7-8-13-18-34(4)21-24-19-22-14-9-11-16-25(22)28(30(24)35)29-26-17-12-10-15-23(26)20-27(31(29)36)32(37)33(2)3/h9-12,14-17,19-20,35-36H,5-8,13,18,21H2,1-4H3. The Bertz CT molecular complexity index is 1410. The van der Waals surface area contributed by atoms with Crippen LogP contribution in [0.2, 0.25) is 0 Å². The van der Waals surface area contributed by atoms with Crippen LogP contribution in [0.15, 0.2) is 60.7 Å². The average molecular weight is 499 g/mol. The molecule has 37 heavy (non-hydrogen) atoms. The average Bonchev–Trinajstić information content (AvgIpc) is 2.89. The van der Waals surface area contributed by atoms with E-state index in [1.165, 1.54) is 30.6 Å². The third kappa shape index (κ3) is 5.57. The number of unbranched alkanes of at least 4 members (excludes halogenated alkanes) is 4. The van der Waals surface area contributed by atoms with Crippen molar-refractivity contribution >= 4 is 27.5 Å². The molecule has 0 heterocycles. The van der Waals surface area contributed by atoms with Gasteiger partial charge < -0.3 is 20.0 Å². The van der Waals surface area contributed by atoms with Crippen molar-refractivity contribution in [1.82, 2.24) is 9.80 Å². The Balaban J connectivity index is 1.87. The molecule has 0 unspecified atom stereocenters. The Hall–Kier alpha value is -3.57. The topological polar surface area (TPSA) is 64.0 Å². The molecule has 2 N–H and O–H groups in total. The Labute approximate surface area is 220 Å². The molecular formula is C32H38N2O3. The number of nitrogens with zero attached hydrogens (tertiary/aromatic N) is 2. The Kier molecular flexibility index (Phi) is 8.34. The summed E-state index contributed by atoms with van der Waals surface area (Å²) in [4.78, 5) is 16.7. The summed E-state index contributed by atoms with van der Waals surface area (Å²) < 4.78 is 0. The van der Waals surface area contributed by atoms with Gasteiger partial charge in [-0.3, -0.25) is 4.79 Å². The van der Waals surface area contributed by atoms with E-state index in [9.17, 15) is 15.0 Å². The van der Waals surface area contributed by atoms with Gasteiger partial charge in [-0.25, -0.2) is 0 Å². The maximum atomic E-state index is 13.0. The smallest absolute Gasteiger partial charge is 0.257 e. The van der Waals surface area contributed by atoms with Gasteiger partial charge in [0.1, 0.15) is 11.5 Å². The van der Waals surface area contributed by atoms with Gasteiger partial charge >= 0.3 is 0 Å². The van der Waals surface area contributed by atoms with Gasteiger partial charge in [-0.05, 0) is 53.7 Å². The fourth-order valence-corrected chi connectivity index (χ4v) is 5.12. The van der Waals surface area contributed by atoms with E-state index in [0.29, 0.717) is 17.7 Å². The number of rotatable bonds is 10. The highest BCUT2D eigenvalue weighted by Crippen LogP contribution is 2.47. The summed E-state index contributed by atoms with van der Waals surface area (Å²) in [5.41, 5.74) is 2.07. The van der Waals surface area contributed by atoms with Crippen LogP contribution in [0.3, 0.4) is 0 Å². The van der Waals surface area contributed by atoms with Gasteiger partial charge in [-0.2, -0.15) is 0 Å². The number of aromatic hydroxyl groups is 2. The molecule has 0 spiro atoms. The minimum Gasteiger partial charge on any atom is -0.507 e. The molecule has 0 aromatic heterocycles. The molecular weight excluding hydrogens is 460 g/mol. The normalized spacial score (nSPS) is 11.5. The molecule has 0 aliphatic carbocycles. The molecule has 1 amide bonds. The largest absolute Gasteiger partial charge is 0.507 e. The minimum atomic E-state index is -0.285. The first-order valence-corrected chi connectivity index (χ1v) is 13.2. The number of phenolic OH excluding ortho intramolecular Hbond substituents is 2. The second kappa shape index (κ2) is 11.7. The molecule has 0 saturated carbocycles. The number of phenols is 2. The van der Waals surface area contributed by atoms with Crippen molar-refractivity contribution in [2.75, 3.05) is 27.7 Å². The first-order valence-electron chi connectivity index (χ1n) is 13.2. The van der Waals surface area contributed by atoms with Crippen molar-refractivity contribution in [2.45, 2.75) is 45.6 Å². The van der Waals surface area contributed by atoms with Gasteiger partial charge in [0.15, 0.2) is 0 Å². The van der Waals surface area contributed by atoms with E-state index in [2.05, 4.69) is 18.9 Å². The fourth-order valence-electron chi connectivity index (χ4n) is 5.12. The predicted octanol–water partition coefficient (Wildman–Crippen LogP) is 7.18. The second-order valence-electron chi connectivity index (χ2n) is 10.2. The monoisotopic (exact) mass is 498 g/mol. The van der Waals surface area contributed by atoms with Crippen LogP contribution in [0.5, 0.6) is 11.5 Å². The van der Waals surface area contributed by atoms with Gasteiger partial charge in [0, 0.05) is 37.3 Å². The molecule has 194 valence electrons. The third-order valence-electron chi connectivity index (χ3n) is 7.09. The Morgan fingerprint density at radius 1 is 0.757 bits per heavy atom. The summed E-state index contributed by atoms with van der Waals surface area (Å²) in [6.07, 6.45) is 6.08. The molecule has 0 aliphatic heterocycles. The van der Waals surface area contributed by atoms with Crippen LogP contribution >= 0.6 is 0 Å². The zero-order valence-electron chi connectivity index (χ0n) is 22.4. The zero-order chi connectivity index (χ0) is 26.5. The molecule has 0 radical (unpaired) electrons. The minimum absolute atomic E-state index is 0.112. The highest BCUT2D eigenvalue weighted by Gasteiger charge is 2.25. The van der Waals surface area contributed by atoms with Crippen molar-refractivity contribution < 1.29 is 15.0 Å². The highest BCUT2D eigenvalue weighted by atomic mass is 16.3. The zero-order valence-corrected chi connectivity index (χ0v) is 22.4. The van der Waals surface area contributed by atoms with Crippen molar-refractivity contribution in [3.8, 4) is 22.6 Å². The van der Waals surface area contributed by atoms with E-state index in [4.69, 9.17) is 0 Å². The predicted molar refractivity (Wildman–Crippen MR) is 153 cm³/mol. The Morgan fingerprint density at radius 2 is 1.32 bits per heavy atom. The number of hydrogen-bond donors (Lipinski definition) is 2. The summed E-state index contributed by atoms with van der Waals surface area (Å²) in [6.45, 7) is 3.76. The van der Waals surface area contributed by atoms with Gasteiger partial charge in [0.25, 0.3) is 5.91 Å². The molecule has 0 atom stereocenters. The van der Waals surface area contributed by atoms with Crippen LogP contribution in [0.4, 0.5) is 0 Å². The molecule has 0 fully saturated rings. The van der Waals surface area contributed by atoms with Gasteiger partial charge in [-0.15, -0.1) is 0 Å². The lowest BCUT2D eigenvalue weighted by atomic mass is 9.88. The first-order chi connectivity index (χ1) is 17.8. The first kappa shape index (κ1) is 26.5. The van der Waals surface area contributed by atoms with Crippen molar-refractivity contribution in [2.24, 2.45) is 0 Å². The van der Waals surface area contributed by atoms with E-state index in [0.717, 1.165) is 40.1 Å². The molecule has 0 aliphatic rings. The number of amides is 1. The quantitative estimate of drug-likeness (QED) is 0.227. The SMILES string of the molecule is CCCCCCCN(C)Cc1cc2ccccc2c(-c2c(O)c(C(=O)N(C)C)cc3ccccc23)c1O. The maximum absolute atomic E-state index is 13.0. The third-order valence-corrected chi connectivity index (χ3v) is 7.09. The van der Waals surface area contributed by atoms with Crippen LogP contribution in [-0.2, 0) is 6.54 Å². The number of fused-ring (bicyclic) bond motifs is 2. The molecule has 4 aromatic carbocycles. The molecule has 5 heteroatoms. The van der Waals surface area contributed by atoms with Crippen LogP contribution in [0, 0.1) is 0 Å². The fraction of sp³-hybridized carbons (Fsp3) is 0.344. The van der Waals surface area contributed by atoms with Crippen molar-refractivity contribution in [1.29, 1.82) is 0 Å². The van der Waals surface area contributed by atoms with Gasteiger partial charge in [-0.1, -0.05) is 81.1 Å². The highest BCUT2D eigenvalue weighted by molar-refractivity contribution is 6.14. The van der Waals surface area contributed by atoms with Crippen LogP contribution in [0.1, 0.15) is 54.9 Å². The summed E-state index contributed by atoms with van der Waals surface area (Å²) in [6, 6.07) is 19.3. The lowest BCUT2D eigenvalue weighted by Gasteiger charge is -2.22. The number of carbonyl (C=O) groups is 1. The number of benzene rings is 4. The summed E-state index contributed by atoms with van der Waals surface area (Å²) >= 11 is 0. The number of hydrogen-bond acceptors (Lipinski definition) is 4. The van der Waals surface area contributed by atoms with Crippen LogP contribution in [0.25, 0.3) is 32.7 Å². The lowest BCUT2D eigenvalue weighted by Crippen LogP contribution is -2.22. The van der Waals surface area contributed by atoms with Gasteiger partial charge in [0.2, 0.25) is 0 Å². The van der Waals surface area contributed by atoms with Gasteiger partial charge in [0.05, 0.1) is 5.56 Å². The second-order valence-corrected chi connectivity index (χ2v) is 10.2. The molecule has 5 nitrogen and oxygen atoms in total. The maximum Gasteiger partial charge on any atom is 0.257 e. The van der Waals surface area contributed by atoms with E-state index in [1.807, 2.05) is 54.6 Å². The molecule has 0 saturated heterocycles. The van der Waals surface area contributed by atoms with E-state index >= 15 is 0 Å². The summed E-state index contributed by atoms with van der Waals surface area (Å²) in [5, 5.41) is 26.7. The lowest BCUT2D eigenvalue weighted by molar-refractivity contribution is 0.0825. The Morgan fingerprint density at radius 3 is 1.95 bits per heavy atom. The van der Waals surface area contributed by atoms with Crippen LogP contribution in [-0.4, -0.2) is 53.6 Å². The molecule has 4 aromatic rings. The summed E-state index contributed by atoms with van der Waals surface area (Å²) in [5.74, 6) is -0.252. The van der Waals surface area contributed by atoms with E-state index < -0.39 is 0 Å². The summed E-state index contributed by atoms with van der Waals surface area (Å²) in [7, 11) is 5.42. The van der Waals surface area contributed by atoms with Crippen molar-refractivity contribution in [3.05, 3.63) is 71.8 Å². The van der Waals surface area contributed by atoms with Crippen LogP contribution < -0.4 is 0 Å². The molecule has 4 rings (SSSR count). The van der Waals surface area contributed by atoms with E-state index in [-0.39, 0.29) is 23.0 Å². The number of carbonyl (C=O) groups excluding carboxylic acids is 1.